The molecule has 0 spiro atoms. The van der Waals surface area contributed by atoms with E-state index in [0.29, 0.717) is 22.7 Å². The number of rotatable bonds is 8. The second-order valence-corrected chi connectivity index (χ2v) is 9.45. The first-order chi connectivity index (χ1) is 15.2. The van der Waals surface area contributed by atoms with Crippen molar-refractivity contribution in [3.63, 3.8) is 0 Å². The fraction of sp³-hybridized carbons (Fsp3) is 0.240. The van der Waals surface area contributed by atoms with Crippen molar-refractivity contribution in [2.24, 2.45) is 0 Å². The van der Waals surface area contributed by atoms with E-state index in [0.717, 1.165) is 17.5 Å². The Labute approximate surface area is 189 Å². The average molecular weight is 453 g/mol. The third-order valence-electron chi connectivity index (χ3n) is 5.06. The molecule has 2 N–H and O–H groups in total. The highest BCUT2D eigenvalue weighted by molar-refractivity contribution is 7.92. The quantitative estimate of drug-likeness (QED) is 0.470. The number of sulfonamides is 1. The minimum absolute atomic E-state index is 0.0557. The van der Waals surface area contributed by atoms with Gasteiger partial charge in [0.2, 0.25) is 0 Å². The summed E-state index contributed by atoms with van der Waals surface area (Å²) in [5.41, 5.74) is 3.39. The van der Waals surface area contributed by atoms with Gasteiger partial charge in [0.15, 0.2) is 0 Å². The van der Waals surface area contributed by atoms with Crippen LogP contribution in [-0.2, 0) is 10.0 Å². The topological polar surface area (TPSA) is 84.5 Å². The zero-order chi connectivity index (χ0) is 23.3. The van der Waals surface area contributed by atoms with Gasteiger partial charge in [0, 0.05) is 11.3 Å². The minimum Gasteiger partial charge on any atom is -0.491 e. The van der Waals surface area contributed by atoms with Crippen molar-refractivity contribution in [3.05, 3.63) is 83.4 Å². The van der Waals surface area contributed by atoms with Gasteiger partial charge in [-0.25, -0.2) is 8.42 Å². The lowest BCUT2D eigenvalue weighted by atomic mass is 10.1. The molecule has 3 aromatic rings. The van der Waals surface area contributed by atoms with Crippen LogP contribution in [0.4, 0.5) is 11.4 Å². The molecule has 0 aliphatic carbocycles. The van der Waals surface area contributed by atoms with E-state index in [1.807, 2.05) is 45.9 Å². The number of nitrogens with one attached hydrogen (secondary N) is 2. The lowest BCUT2D eigenvalue weighted by Gasteiger charge is -2.13. The number of aryl methyl sites for hydroxylation is 2. The molecular weight excluding hydrogens is 424 g/mol. The van der Waals surface area contributed by atoms with E-state index in [9.17, 15) is 13.2 Å². The molecule has 0 saturated heterocycles. The van der Waals surface area contributed by atoms with Crippen LogP contribution in [0, 0.1) is 13.8 Å². The third-order valence-corrected chi connectivity index (χ3v) is 6.44. The van der Waals surface area contributed by atoms with Crippen LogP contribution >= 0.6 is 0 Å². The van der Waals surface area contributed by atoms with Gasteiger partial charge >= 0.3 is 0 Å². The van der Waals surface area contributed by atoms with E-state index < -0.39 is 10.0 Å². The maximum absolute atomic E-state index is 12.7. The van der Waals surface area contributed by atoms with Crippen molar-refractivity contribution in [1.29, 1.82) is 0 Å². The number of amides is 1. The number of carbonyl (C=O) groups is 1. The van der Waals surface area contributed by atoms with Gasteiger partial charge in [0.1, 0.15) is 5.75 Å². The number of hydrogen-bond donors (Lipinski definition) is 2. The van der Waals surface area contributed by atoms with Gasteiger partial charge in [-0.2, -0.15) is 0 Å². The summed E-state index contributed by atoms with van der Waals surface area (Å²) < 4.78 is 33.8. The van der Waals surface area contributed by atoms with Crippen molar-refractivity contribution >= 4 is 27.3 Å². The summed E-state index contributed by atoms with van der Waals surface area (Å²) >= 11 is 0. The maximum Gasteiger partial charge on any atom is 0.261 e. The Bertz CT molecular complexity index is 1200. The van der Waals surface area contributed by atoms with Gasteiger partial charge in [0.25, 0.3) is 15.9 Å². The minimum atomic E-state index is -3.75. The second-order valence-electron chi connectivity index (χ2n) is 7.77. The number of carbonyl (C=O) groups excluding carboxylic acids is 1. The van der Waals surface area contributed by atoms with Crippen molar-refractivity contribution in [2.45, 2.75) is 45.1 Å². The van der Waals surface area contributed by atoms with E-state index in [4.69, 9.17) is 4.74 Å². The molecule has 1 amide bonds. The molecule has 1 atom stereocenters. The molecule has 0 aliphatic rings. The second kappa shape index (κ2) is 9.87. The molecule has 7 heteroatoms. The molecule has 0 bridgehead atoms. The summed E-state index contributed by atoms with van der Waals surface area (Å²) in [6.45, 7) is 7.81. The standard InChI is InChI=1S/C25H28N2O4S/c1-5-19(4)31-22-8-6-7-20(16-22)25(28)26-21-10-12-23(13-11-21)32(29,30)27-24-14-9-17(2)15-18(24)3/h6-16,19,27H,5H2,1-4H3,(H,26,28). The molecule has 0 saturated carbocycles. The molecule has 3 rings (SSSR count). The van der Waals surface area contributed by atoms with Crippen molar-refractivity contribution in [2.75, 3.05) is 10.0 Å². The van der Waals surface area contributed by atoms with E-state index >= 15 is 0 Å². The molecule has 168 valence electrons. The van der Waals surface area contributed by atoms with Crippen molar-refractivity contribution < 1.29 is 17.9 Å². The summed E-state index contributed by atoms with van der Waals surface area (Å²) in [6, 6.07) is 18.5. The SMILES string of the molecule is CCC(C)Oc1cccc(C(=O)Nc2ccc(S(=O)(=O)Nc3ccc(C)cc3C)cc2)c1. The number of benzene rings is 3. The normalized spacial score (nSPS) is 12.1. The molecule has 6 nitrogen and oxygen atoms in total. The van der Waals surface area contributed by atoms with Crippen LogP contribution in [0.25, 0.3) is 0 Å². The summed E-state index contributed by atoms with van der Waals surface area (Å²) in [7, 11) is -3.75. The molecule has 1 unspecified atom stereocenters. The van der Waals surface area contributed by atoms with E-state index in [1.54, 1.807) is 36.4 Å². The summed E-state index contributed by atoms with van der Waals surface area (Å²) in [5, 5.41) is 2.79. The average Bonchev–Trinajstić information content (AvgIpc) is 2.76. The van der Waals surface area contributed by atoms with Crippen LogP contribution in [-0.4, -0.2) is 20.4 Å². The lowest BCUT2D eigenvalue weighted by Crippen LogP contribution is -2.15. The maximum atomic E-state index is 12.7. The Kier molecular flexibility index (Phi) is 7.20. The van der Waals surface area contributed by atoms with Crippen LogP contribution in [0.2, 0.25) is 0 Å². The fourth-order valence-corrected chi connectivity index (χ4v) is 4.21. The van der Waals surface area contributed by atoms with E-state index in [-0.39, 0.29) is 16.9 Å². The highest BCUT2D eigenvalue weighted by Crippen LogP contribution is 2.22. The summed E-state index contributed by atoms with van der Waals surface area (Å²) in [5.74, 6) is 0.328. The van der Waals surface area contributed by atoms with Gasteiger partial charge in [0.05, 0.1) is 16.7 Å². The molecule has 0 radical (unpaired) electrons. The van der Waals surface area contributed by atoms with Crippen LogP contribution in [0.5, 0.6) is 5.75 Å². The van der Waals surface area contributed by atoms with E-state index in [2.05, 4.69) is 10.0 Å². The third kappa shape index (κ3) is 5.88. The molecule has 32 heavy (non-hydrogen) atoms. The predicted molar refractivity (Wildman–Crippen MR) is 128 cm³/mol. The van der Waals surface area contributed by atoms with Gasteiger partial charge in [-0.1, -0.05) is 30.7 Å². The Balaban J connectivity index is 1.70. The molecule has 0 fully saturated rings. The van der Waals surface area contributed by atoms with Gasteiger partial charge in [-0.3, -0.25) is 9.52 Å². The smallest absolute Gasteiger partial charge is 0.261 e. The molecule has 0 aromatic heterocycles. The summed E-state index contributed by atoms with van der Waals surface area (Å²) in [6.07, 6.45) is 0.921. The number of hydrogen-bond acceptors (Lipinski definition) is 4. The molecule has 0 heterocycles. The first-order valence-electron chi connectivity index (χ1n) is 10.5. The largest absolute Gasteiger partial charge is 0.491 e. The van der Waals surface area contributed by atoms with Crippen LogP contribution in [0.3, 0.4) is 0 Å². The molecule has 3 aromatic carbocycles. The highest BCUT2D eigenvalue weighted by atomic mass is 32.2. The zero-order valence-corrected chi connectivity index (χ0v) is 19.5. The van der Waals surface area contributed by atoms with Crippen LogP contribution < -0.4 is 14.8 Å². The Hall–Kier alpha value is -3.32. The Morgan fingerprint density at radius 1 is 1.00 bits per heavy atom. The molecular formula is C25H28N2O4S. The summed E-state index contributed by atoms with van der Waals surface area (Å²) in [4.78, 5) is 12.7. The Morgan fingerprint density at radius 3 is 2.38 bits per heavy atom. The fourth-order valence-electron chi connectivity index (χ4n) is 3.08. The number of ether oxygens (including phenoxy) is 1. The monoisotopic (exact) mass is 452 g/mol. The van der Waals surface area contributed by atoms with E-state index in [1.165, 1.54) is 12.1 Å². The van der Waals surface area contributed by atoms with Crippen molar-refractivity contribution in [1.82, 2.24) is 0 Å². The van der Waals surface area contributed by atoms with Crippen LogP contribution in [0.1, 0.15) is 41.8 Å². The van der Waals surface area contributed by atoms with Gasteiger partial charge < -0.3 is 10.1 Å². The van der Waals surface area contributed by atoms with Crippen molar-refractivity contribution in [3.8, 4) is 5.75 Å². The van der Waals surface area contributed by atoms with Gasteiger partial charge in [-0.05, 0) is 81.3 Å². The van der Waals surface area contributed by atoms with Gasteiger partial charge in [-0.15, -0.1) is 0 Å². The molecule has 0 aliphatic heterocycles. The highest BCUT2D eigenvalue weighted by Gasteiger charge is 2.16. The van der Waals surface area contributed by atoms with Crippen LogP contribution in [0.15, 0.2) is 71.6 Å². The predicted octanol–water partition coefficient (Wildman–Crippen LogP) is 5.53. The zero-order valence-electron chi connectivity index (χ0n) is 18.7. The first-order valence-corrected chi connectivity index (χ1v) is 11.9. The Morgan fingerprint density at radius 2 is 1.72 bits per heavy atom. The lowest BCUT2D eigenvalue weighted by molar-refractivity contribution is 0.102. The first kappa shape index (κ1) is 23.3. The number of anilines is 2.